The Morgan fingerprint density at radius 1 is 1.36 bits per heavy atom. The van der Waals surface area contributed by atoms with Gasteiger partial charge in [0.1, 0.15) is 12.2 Å². The van der Waals surface area contributed by atoms with E-state index >= 15 is 0 Å². The first-order chi connectivity index (χ1) is 10.7. The van der Waals surface area contributed by atoms with Gasteiger partial charge in [-0.05, 0) is 36.6 Å². The Hall–Kier alpha value is -2.04. The summed E-state index contributed by atoms with van der Waals surface area (Å²) in [4.78, 5) is 12.7. The molecule has 0 saturated carbocycles. The molecular weight excluding hydrogens is 320 g/mol. The standard InChI is InChI=1S/C17H13ClO3S/c1-2-3-7-20-17-15(19)13-9-12(18)4-5-14(13)21-16(17)11-6-8-22-10-11/h2-6,8-10H,7H2,1H3/b3-2+. The third kappa shape index (κ3) is 2.80. The van der Waals surface area contributed by atoms with Gasteiger partial charge in [0.2, 0.25) is 11.2 Å². The van der Waals surface area contributed by atoms with E-state index in [0.717, 1.165) is 5.56 Å². The second-order valence-corrected chi connectivity index (χ2v) is 5.84. The molecule has 3 rings (SSSR count). The fraction of sp³-hybridized carbons (Fsp3) is 0.118. The molecule has 3 aromatic rings. The Kier molecular flexibility index (Phi) is 4.32. The molecule has 0 unspecified atom stereocenters. The highest BCUT2D eigenvalue weighted by Crippen LogP contribution is 2.32. The van der Waals surface area contributed by atoms with Crippen molar-refractivity contribution in [3.8, 4) is 17.1 Å². The van der Waals surface area contributed by atoms with Gasteiger partial charge in [0, 0.05) is 16.0 Å². The maximum Gasteiger partial charge on any atom is 0.235 e. The number of rotatable bonds is 4. The lowest BCUT2D eigenvalue weighted by Gasteiger charge is -2.09. The fourth-order valence-corrected chi connectivity index (χ4v) is 2.90. The van der Waals surface area contributed by atoms with Gasteiger partial charge in [0.25, 0.3) is 0 Å². The van der Waals surface area contributed by atoms with Gasteiger partial charge in [-0.1, -0.05) is 23.8 Å². The van der Waals surface area contributed by atoms with Gasteiger partial charge in [-0.3, -0.25) is 4.79 Å². The van der Waals surface area contributed by atoms with Crippen molar-refractivity contribution in [3.63, 3.8) is 0 Å². The van der Waals surface area contributed by atoms with Gasteiger partial charge >= 0.3 is 0 Å². The van der Waals surface area contributed by atoms with Crippen LogP contribution in [-0.2, 0) is 0 Å². The van der Waals surface area contributed by atoms with Crippen molar-refractivity contribution in [1.29, 1.82) is 0 Å². The SMILES string of the molecule is C/C=C/COc1c(-c2ccsc2)oc2ccc(Cl)cc2c1=O. The van der Waals surface area contributed by atoms with Crippen molar-refractivity contribution < 1.29 is 9.15 Å². The second kappa shape index (κ2) is 6.38. The molecule has 2 aromatic heterocycles. The van der Waals surface area contributed by atoms with Crippen LogP contribution in [0.4, 0.5) is 0 Å². The summed E-state index contributed by atoms with van der Waals surface area (Å²) in [6, 6.07) is 6.89. The molecule has 0 aliphatic heterocycles. The predicted octanol–water partition coefficient (Wildman–Crippen LogP) is 5.13. The van der Waals surface area contributed by atoms with Gasteiger partial charge in [0.05, 0.1) is 5.39 Å². The monoisotopic (exact) mass is 332 g/mol. The molecule has 112 valence electrons. The van der Waals surface area contributed by atoms with Gasteiger partial charge in [-0.2, -0.15) is 11.3 Å². The van der Waals surface area contributed by atoms with Crippen LogP contribution in [0.3, 0.4) is 0 Å². The zero-order valence-corrected chi connectivity index (χ0v) is 13.4. The molecule has 22 heavy (non-hydrogen) atoms. The van der Waals surface area contributed by atoms with Crippen molar-refractivity contribution in [2.24, 2.45) is 0 Å². The smallest absolute Gasteiger partial charge is 0.235 e. The first kappa shape index (κ1) is 14.9. The molecule has 3 nitrogen and oxygen atoms in total. The highest BCUT2D eigenvalue weighted by molar-refractivity contribution is 7.08. The molecule has 0 aliphatic rings. The zero-order chi connectivity index (χ0) is 15.5. The molecule has 0 aliphatic carbocycles. The number of halogens is 1. The Bertz CT molecular complexity index is 879. The first-order valence-electron chi connectivity index (χ1n) is 6.73. The summed E-state index contributed by atoms with van der Waals surface area (Å²) < 4.78 is 11.6. The summed E-state index contributed by atoms with van der Waals surface area (Å²) in [5.74, 6) is 0.664. The normalized spacial score (nSPS) is 11.4. The van der Waals surface area contributed by atoms with E-state index in [2.05, 4.69) is 0 Å². The van der Waals surface area contributed by atoms with Crippen molar-refractivity contribution in [3.05, 3.63) is 62.4 Å². The number of hydrogen-bond donors (Lipinski definition) is 0. The Labute approximate surface area is 136 Å². The Morgan fingerprint density at radius 2 is 2.23 bits per heavy atom. The van der Waals surface area contributed by atoms with E-state index in [0.29, 0.717) is 28.4 Å². The number of thiophene rings is 1. The lowest BCUT2D eigenvalue weighted by atomic mass is 10.1. The maximum absolute atomic E-state index is 12.7. The van der Waals surface area contributed by atoms with Crippen LogP contribution in [0.25, 0.3) is 22.3 Å². The van der Waals surface area contributed by atoms with Gasteiger partial charge in [-0.15, -0.1) is 0 Å². The van der Waals surface area contributed by atoms with E-state index in [1.165, 1.54) is 11.3 Å². The number of fused-ring (bicyclic) bond motifs is 1. The molecule has 0 N–H and O–H groups in total. The van der Waals surface area contributed by atoms with E-state index in [4.69, 9.17) is 20.8 Å². The van der Waals surface area contributed by atoms with Gasteiger partial charge in [0.15, 0.2) is 5.76 Å². The molecule has 0 atom stereocenters. The second-order valence-electron chi connectivity index (χ2n) is 4.62. The van der Waals surface area contributed by atoms with E-state index in [1.807, 2.05) is 35.9 Å². The van der Waals surface area contributed by atoms with E-state index in [-0.39, 0.29) is 11.2 Å². The summed E-state index contributed by atoms with van der Waals surface area (Å²) >= 11 is 7.51. The number of hydrogen-bond acceptors (Lipinski definition) is 4. The van der Waals surface area contributed by atoms with Crippen LogP contribution in [0, 0.1) is 0 Å². The summed E-state index contributed by atoms with van der Waals surface area (Å²) in [5.41, 5.74) is 1.11. The molecule has 1 aromatic carbocycles. The van der Waals surface area contributed by atoms with E-state index < -0.39 is 0 Å². The summed E-state index contributed by atoms with van der Waals surface area (Å²) in [6.45, 7) is 2.20. The first-order valence-corrected chi connectivity index (χ1v) is 8.05. The molecule has 2 heterocycles. The van der Waals surface area contributed by atoms with Crippen LogP contribution >= 0.6 is 22.9 Å². The summed E-state index contributed by atoms with van der Waals surface area (Å²) in [6.07, 6.45) is 3.70. The minimum atomic E-state index is -0.213. The average Bonchev–Trinajstić information content (AvgIpc) is 3.04. The number of allylic oxidation sites excluding steroid dienone is 1. The predicted molar refractivity (Wildman–Crippen MR) is 91.1 cm³/mol. The average molecular weight is 333 g/mol. The molecule has 0 radical (unpaired) electrons. The van der Waals surface area contributed by atoms with Crippen LogP contribution < -0.4 is 10.2 Å². The molecule has 0 spiro atoms. The highest BCUT2D eigenvalue weighted by Gasteiger charge is 2.18. The highest BCUT2D eigenvalue weighted by atomic mass is 35.5. The van der Waals surface area contributed by atoms with Crippen molar-refractivity contribution in [2.45, 2.75) is 6.92 Å². The molecule has 5 heteroatoms. The van der Waals surface area contributed by atoms with Crippen molar-refractivity contribution >= 4 is 33.9 Å². The maximum atomic E-state index is 12.7. The van der Waals surface area contributed by atoms with Crippen molar-refractivity contribution in [2.75, 3.05) is 6.61 Å². The fourth-order valence-electron chi connectivity index (χ4n) is 2.09. The Balaban J connectivity index is 2.24. The largest absolute Gasteiger partial charge is 0.482 e. The third-order valence-electron chi connectivity index (χ3n) is 3.15. The Morgan fingerprint density at radius 3 is 2.95 bits per heavy atom. The topological polar surface area (TPSA) is 39.4 Å². The van der Waals surface area contributed by atoms with Crippen LogP contribution in [0.5, 0.6) is 5.75 Å². The lowest BCUT2D eigenvalue weighted by Crippen LogP contribution is -2.10. The van der Waals surface area contributed by atoms with E-state index in [1.54, 1.807) is 18.2 Å². The van der Waals surface area contributed by atoms with Crippen LogP contribution in [0.2, 0.25) is 5.02 Å². The molecule has 0 bridgehead atoms. The van der Waals surface area contributed by atoms with E-state index in [9.17, 15) is 4.79 Å². The molecule has 0 fully saturated rings. The van der Waals surface area contributed by atoms with Crippen LogP contribution in [0.15, 0.2) is 56.4 Å². The number of benzene rings is 1. The van der Waals surface area contributed by atoms with Gasteiger partial charge < -0.3 is 9.15 Å². The van der Waals surface area contributed by atoms with Gasteiger partial charge in [-0.25, -0.2) is 0 Å². The minimum Gasteiger partial charge on any atom is -0.482 e. The molecule has 0 saturated heterocycles. The zero-order valence-electron chi connectivity index (χ0n) is 11.8. The van der Waals surface area contributed by atoms with Crippen LogP contribution in [0.1, 0.15) is 6.92 Å². The van der Waals surface area contributed by atoms with Crippen molar-refractivity contribution in [1.82, 2.24) is 0 Å². The quantitative estimate of drug-likeness (QED) is 0.622. The molecular formula is C17H13ClO3S. The summed E-state index contributed by atoms with van der Waals surface area (Å²) in [5, 5.41) is 4.75. The minimum absolute atomic E-state index is 0.213. The lowest BCUT2D eigenvalue weighted by molar-refractivity contribution is 0.351. The third-order valence-corrected chi connectivity index (χ3v) is 4.07. The number of ether oxygens (including phenoxy) is 1. The summed E-state index contributed by atoms with van der Waals surface area (Å²) in [7, 11) is 0. The molecule has 0 amide bonds. The van der Waals surface area contributed by atoms with Crippen LogP contribution in [-0.4, -0.2) is 6.61 Å².